The molecule has 0 amide bonds. The molecule has 5 rings (SSSR count). The second-order valence-electron chi connectivity index (χ2n) is 14.3. The molecule has 0 saturated heterocycles. The predicted molar refractivity (Wildman–Crippen MR) is 233 cm³/mol. The van der Waals surface area contributed by atoms with Gasteiger partial charge in [0, 0.05) is 7.14 Å². The molecule has 5 aromatic rings. The second-order valence-corrected chi connectivity index (χ2v) is 21.7. The average Bonchev–Trinajstić information content (AvgIpc) is 3.12. The summed E-state index contributed by atoms with van der Waals surface area (Å²) in [4.78, 5) is 4.08. The highest BCUT2D eigenvalue weighted by Crippen LogP contribution is 2.50. The Hall–Kier alpha value is -2.69. The third kappa shape index (κ3) is 14.2. The zero-order valence-corrected chi connectivity index (χ0v) is 38.8. The SMILES string of the molecule is CC(C)(C)c1ccc(I)cc1.CC(C)(C)c1ccc(I)cc1.O=S(=O)([O-])C(F)(F)C(F)(F)C(F)(F)S(=O)(=O)O.c1ccc([S+](c2ccccc2)c2ccccc2)cc1. The molecule has 0 aliphatic carbocycles. The summed E-state index contributed by atoms with van der Waals surface area (Å²) in [7, 11) is -14.4. The van der Waals surface area contributed by atoms with Crippen LogP contribution in [0.3, 0.4) is 0 Å². The van der Waals surface area contributed by atoms with Crippen LogP contribution in [0.1, 0.15) is 52.7 Å². The summed E-state index contributed by atoms with van der Waals surface area (Å²) in [6, 6.07) is 49.6. The zero-order chi connectivity index (χ0) is 44.4. The summed E-state index contributed by atoms with van der Waals surface area (Å²) in [5.74, 6) is -7.14. The molecular weight excluding hydrogens is 1050 g/mol. The lowest BCUT2D eigenvalue weighted by atomic mass is 9.87. The molecule has 1 N–H and O–H groups in total. The van der Waals surface area contributed by atoms with Crippen LogP contribution in [0, 0.1) is 7.14 Å². The Morgan fingerprint density at radius 1 is 0.483 bits per heavy atom. The Morgan fingerprint density at radius 2 is 0.741 bits per heavy atom. The quantitative estimate of drug-likeness (QED) is 0.0752. The van der Waals surface area contributed by atoms with Crippen LogP contribution in [0.2, 0.25) is 0 Å². The number of rotatable bonds is 7. The maximum absolute atomic E-state index is 12.4. The topological polar surface area (TPSA) is 112 Å². The normalized spacial score (nSPS) is 12.6. The molecule has 0 bridgehead atoms. The van der Waals surface area contributed by atoms with Gasteiger partial charge in [0.1, 0.15) is 0 Å². The van der Waals surface area contributed by atoms with Crippen LogP contribution in [-0.4, -0.2) is 42.4 Å². The van der Waals surface area contributed by atoms with E-state index in [2.05, 4.69) is 226 Å². The van der Waals surface area contributed by atoms with E-state index in [0.717, 1.165) is 0 Å². The van der Waals surface area contributed by atoms with E-state index in [1.807, 2.05) is 0 Å². The van der Waals surface area contributed by atoms with Crippen LogP contribution in [0.15, 0.2) is 154 Å². The molecule has 6 nitrogen and oxygen atoms in total. The summed E-state index contributed by atoms with van der Waals surface area (Å²) in [5.41, 5.74) is 3.37. The summed E-state index contributed by atoms with van der Waals surface area (Å²) >= 11 is 4.65. The van der Waals surface area contributed by atoms with Gasteiger partial charge in [0.25, 0.3) is 0 Å². The van der Waals surface area contributed by atoms with Crippen molar-refractivity contribution in [1.29, 1.82) is 0 Å². The van der Waals surface area contributed by atoms with Crippen LogP contribution in [0.4, 0.5) is 26.3 Å². The summed E-state index contributed by atoms with van der Waals surface area (Å²) < 4.78 is 132. The maximum Gasteiger partial charge on any atom is 0.439 e. The van der Waals surface area contributed by atoms with Crippen LogP contribution >= 0.6 is 45.2 Å². The Bertz CT molecular complexity index is 2040. The summed E-state index contributed by atoms with van der Waals surface area (Å²) in [6.07, 6.45) is 0. The fourth-order valence-electron chi connectivity index (χ4n) is 4.47. The van der Waals surface area contributed by atoms with Gasteiger partial charge in [0.05, 0.1) is 10.9 Å². The van der Waals surface area contributed by atoms with E-state index in [9.17, 15) is 47.7 Å². The molecule has 0 atom stereocenters. The highest BCUT2D eigenvalue weighted by molar-refractivity contribution is 14.1. The van der Waals surface area contributed by atoms with E-state index in [0.29, 0.717) is 0 Å². The lowest BCUT2D eigenvalue weighted by molar-refractivity contribution is -0.247. The summed E-state index contributed by atoms with van der Waals surface area (Å²) in [6.45, 7) is 13.4. The Kier molecular flexibility index (Phi) is 18.4. The molecule has 0 aliphatic rings. The van der Waals surface area contributed by atoms with Crippen molar-refractivity contribution in [2.24, 2.45) is 0 Å². The molecule has 0 aliphatic heterocycles. The van der Waals surface area contributed by atoms with Gasteiger partial charge in [-0.05, 0) is 128 Å². The minimum atomic E-state index is -7.29. The molecule has 0 radical (unpaired) electrons. The first-order valence-electron chi connectivity index (χ1n) is 16.9. The molecule has 0 fully saturated rings. The monoisotopic (exact) mass is 1090 g/mol. The van der Waals surface area contributed by atoms with Crippen molar-refractivity contribution in [2.45, 2.75) is 83.5 Å². The molecule has 5 aromatic carbocycles. The van der Waals surface area contributed by atoms with E-state index in [-0.39, 0.29) is 21.7 Å². The van der Waals surface area contributed by atoms with E-state index in [4.69, 9.17) is 4.55 Å². The first-order chi connectivity index (χ1) is 26.4. The fourth-order valence-corrected chi connectivity index (χ4v) is 8.25. The van der Waals surface area contributed by atoms with Gasteiger partial charge >= 0.3 is 26.5 Å². The number of halogens is 8. The van der Waals surface area contributed by atoms with Gasteiger partial charge in [0.15, 0.2) is 24.8 Å². The molecule has 58 heavy (non-hydrogen) atoms. The molecule has 0 saturated carbocycles. The zero-order valence-electron chi connectivity index (χ0n) is 32.0. The van der Waals surface area contributed by atoms with Gasteiger partial charge in [-0.3, -0.25) is 4.55 Å². The third-order valence-electron chi connectivity index (χ3n) is 7.73. The van der Waals surface area contributed by atoms with Crippen molar-refractivity contribution in [1.82, 2.24) is 0 Å². The van der Waals surface area contributed by atoms with Crippen LogP contribution in [0.5, 0.6) is 0 Å². The van der Waals surface area contributed by atoms with Gasteiger partial charge in [-0.2, -0.15) is 34.8 Å². The minimum absolute atomic E-state index is 0.0146. The highest BCUT2D eigenvalue weighted by atomic mass is 127. The fraction of sp³-hybridized carbons (Fsp3) is 0.268. The number of hydrogen-bond acceptors (Lipinski definition) is 5. The second kappa shape index (κ2) is 20.7. The van der Waals surface area contributed by atoms with Gasteiger partial charge in [0.2, 0.25) is 0 Å². The van der Waals surface area contributed by atoms with Crippen LogP contribution < -0.4 is 0 Å². The lowest BCUT2D eigenvalue weighted by Crippen LogP contribution is -2.60. The standard InChI is InChI=1S/C18H15S.2C10H13I.C3H2F6O6S2/c1-4-10-16(11-5-1)19(17-12-6-2-7-13-17)18-14-8-3-9-15-18;2*1-10(2,3)8-4-6-9(11)7-5-8;4-1(5,2(6,7)16(10,11)12)3(8,9)17(13,14)15/h1-15H;2*4-7H,1-3H3;(H,10,11,12)(H,13,14,15)/q+1;;;/p-1. The van der Waals surface area contributed by atoms with Crippen molar-refractivity contribution < 1.29 is 52.3 Å². The van der Waals surface area contributed by atoms with E-state index in [1.165, 1.54) is 33.0 Å². The molecule has 316 valence electrons. The van der Waals surface area contributed by atoms with E-state index in [1.54, 1.807) is 0 Å². The number of hydrogen-bond donors (Lipinski definition) is 1. The van der Waals surface area contributed by atoms with Crippen molar-refractivity contribution in [3.63, 3.8) is 0 Å². The number of alkyl halides is 6. The third-order valence-corrected chi connectivity index (χ3v) is 13.2. The Morgan fingerprint density at radius 3 is 0.948 bits per heavy atom. The number of benzene rings is 5. The van der Waals surface area contributed by atoms with Gasteiger partial charge < -0.3 is 4.55 Å². The lowest BCUT2D eigenvalue weighted by Gasteiger charge is -2.31. The first-order valence-corrected chi connectivity index (χ1v) is 23.2. The largest absolute Gasteiger partial charge is 0.743 e. The van der Waals surface area contributed by atoms with Crippen molar-refractivity contribution >= 4 is 76.3 Å². The highest BCUT2D eigenvalue weighted by Gasteiger charge is 2.80. The van der Waals surface area contributed by atoms with Gasteiger partial charge in [-0.15, -0.1) is 0 Å². The first kappa shape index (κ1) is 51.5. The molecule has 0 heterocycles. The Balaban J connectivity index is 0.000000275. The summed E-state index contributed by atoms with van der Waals surface area (Å²) in [5, 5.41) is -13.8. The minimum Gasteiger partial charge on any atom is -0.743 e. The van der Waals surface area contributed by atoms with E-state index >= 15 is 0 Å². The molecule has 0 unspecified atom stereocenters. The van der Waals surface area contributed by atoms with E-state index < -0.39 is 36.7 Å². The van der Waals surface area contributed by atoms with Gasteiger partial charge in [-0.25, -0.2) is 8.42 Å². The Labute approximate surface area is 367 Å². The molecule has 0 aromatic heterocycles. The van der Waals surface area contributed by atoms with Crippen molar-refractivity contribution in [3.8, 4) is 0 Å². The predicted octanol–water partition coefficient (Wildman–Crippen LogP) is 12.2. The molecule has 0 spiro atoms. The smallest absolute Gasteiger partial charge is 0.439 e. The molecule has 17 heteroatoms. The van der Waals surface area contributed by atoms with Crippen LogP contribution in [-0.2, 0) is 42.0 Å². The molecular formula is C41H42F6I2O6S3. The maximum atomic E-state index is 12.4. The van der Waals surface area contributed by atoms with Crippen molar-refractivity contribution in [3.05, 3.63) is 158 Å². The van der Waals surface area contributed by atoms with Gasteiger partial charge in [-0.1, -0.05) is 120 Å². The van der Waals surface area contributed by atoms with Crippen LogP contribution in [0.25, 0.3) is 0 Å². The van der Waals surface area contributed by atoms with Crippen molar-refractivity contribution in [2.75, 3.05) is 0 Å². The average molecular weight is 1090 g/mol.